The van der Waals surface area contributed by atoms with Gasteiger partial charge in [0.05, 0.1) is 0 Å². The van der Waals surface area contributed by atoms with E-state index in [1.165, 1.54) is 0 Å². The van der Waals surface area contributed by atoms with Crippen LogP contribution in [0.1, 0.15) is 16.1 Å². The van der Waals surface area contributed by atoms with Gasteiger partial charge in [0, 0.05) is 17.1 Å². The highest BCUT2D eigenvalue weighted by Crippen LogP contribution is 2.29. The second-order valence-electron chi connectivity index (χ2n) is 3.66. The Bertz CT molecular complexity index is 676. The SMILES string of the molecule is Cc1c(-c2cc3cc[nH]c3o2)noc1C(=O)O. The Kier molecular flexibility index (Phi) is 1.85. The zero-order valence-corrected chi connectivity index (χ0v) is 8.85. The van der Waals surface area contributed by atoms with Gasteiger partial charge in [-0.1, -0.05) is 5.16 Å². The highest BCUT2D eigenvalue weighted by molar-refractivity contribution is 5.88. The molecule has 0 bridgehead atoms. The maximum Gasteiger partial charge on any atom is 0.375 e. The van der Waals surface area contributed by atoms with E-state index < -0.39 is 5.97 Å². The molecule has 0 aliphatic carbocycles. The topological polar surface area (TPSA) is 92.3 Å². The first-order valence-electron chi connectivity index (χ1n) is 4.93. The van der Waals surface area contributed by atoms with E-state index in [0.717, 1.165) is 5.39 Å². The summed E-state index contributed by atoms with van der Waals surface area (Å²) in [5, 5.41) is 13.5. The molecule has 0 aliphatic heterocycles. The van der Waals surface area contributed by atoms with Gasteiger partial charge in [-0.05, 0) is 19.1 Å². The number of hydrogen-bond acceptors (Lipinski definition) is 4. The van der Waals surface area contributed by atoms with Crippen molar-refractivity contribution in [2.75, 3.05) is 0 Å². The minimum atomic E-state index is -1.14. The molecule has 0 amide bonds. The molecule has 0 aromatic carbocycles. The van der Waals surface area contributed by atoms with Gasteiger partial charge in [0.15, 0.2) is 11.5 Å². The molecule has 0 atom stereocenters. The van der Waals surface area contributed by atoms with Crippen molar-refractivity contribution in [2.24, 2.45) is 0 Å². The first-order valence-corrected chi connectivity index (χ1v) is 4.93. The van der Waals surface area contributed by atoms with Gasteiger partial charge < -0.3 is 19.0 Å². The predicted molar refractivity (Wildman–Crippen MR) is 57.8 cm³/mol. The van der Waals surface area contributed by atoms with Crippen molar-refractivity contribution in [3.05, 3.63) is 29.7 Å². The molecule has 0 fully saturated rings. The highest BCUT2D eigenvalue weighted by Gasteiger charge is 2.21. The molecule has 0 spiro atoms. The third-order valence-corrected chi connectivity index (χ3v) is 2.59. The molecule has 6 nitrogen and oxygen atoms in total. The summed E-state index contributed by atoms with van der Waals surface area (Å²) in [7, 11) is 0. The molecule has 0 radical (unpaired) electrons. The summed E-state index contributed by atoms with van der Waals surface area (Å²) in [6.45, 7) is 1.63. The summed E-state index contributed by atoms with van der Waals surface area (Å²) < 4.78 is 10.3. The van der Waals surface area contributed by atoms with Crippen LogP contribution in [0.25, 0.3) is 22.6 Å². The second-order valence-corrected chi connectivity index (χ2v) is 3.66. The predicted octanol–water partition coefficient (Wildman–Crippen LogP) is 2.42. The zero-order valence-electron chi connectivity index (χ0n) is 8.85. The van der Waals surface area contributed by atoms with Crippen molar-refractivity contribution in [1.29, 1.82) is 0 Å². The number of fused-ring (bicyclic) bond motifs is 1. The van der Waals surface area contributed by atoms with Gasteiger partial charge in [-0.15, -0.1) is 0 Å². The van der Waals surface area contributed by atoms with Crippen molar-refractivity contribution in [1.82, 2.24) is 10.1 Å². The molecular weight excluding hydrogens is 224 g/mol. The summed E-state index contributed by atoms with van der Waals surface area (Å²) >= 11 is 0. The normalized spacial score (nSPS) is 11.1. The van der Waals surface area contributed by atoms with Crippen LogP contribution in [0.15, 0.2) is 27.3 Å². The maximum absolute atomic E-state index is 10.8. The quantitative estimate of drug-likeness (QED) is 0.707. The van der Waals surface area contributed by atoms with Crippen molar-refractivity contribution in [3.63, 3.8) is 0 Å². The number of furan rings is 1. The molecule has 0 aliphatic rings. The number of hydrogen-bond donors (Lipinski definition) is 2. The molecule has 2 N–H and O–H groups in total. The number of carbonyl (C=O) groups is 1. The first kappa shape index (κ1) is 9.71. The minimum Gasteiger partial charge on any atom is -0.475 e. The average molecular weight is 232 g/mol. The van der Waals surface area contributed by atoms with Gasteiger partial charge in [0.25, 0.3) is 0 Å². The van der Waals surface area contributed by atoms with Crippen molar-refractivity contribution < 1.29 is 18.8 Å². The fourth-order valence-corrected chi connectivity index (χ4v) is 1.73. The zero-order chi connectivity index (χ0) is 12.0. The smallest absolute Gasteiger partial charge is 0.375 e. The van der Waals surface area contributed by atoms with Gasteiger partial charge in [-0.2, -0.15) is 0 Å². The molecule has 0 saturated heterocycles. The summed E-state index contributed by atoms with van der Waals surface area (Å²) in [6, 6.07) is 3.64. The molecule has 3 heterocycles. The molecule has 0 saturated carbocycles. The number of nitrogens with zero attached hydrogens (tertiary/aromatic N) is 1. The van der Waals surface area contributed by atoms with E-state index in [2.05, 4.69) is 10.1 Å². The van der Waals surface area contributed by atoms with E-state index in [1.54, 1.807) is 19.2 Å². The largest absolute Gasteiger partial charge is 0.475 e. The monoisotopic (exact) mass is 232 g/mol. The van der Waals surface area contributed by atoms with Crippen molar-refractivity contribution in [2.45, 2.75) is 6.92 Å². The Morgan fingerprint density at radius 2 is 2.35 bits per heavy atom. The average Bonchev–Trinajstić information content (AvgIpc) is 2.88. The molecular formula is C11H8N2O4. The van der Waals surface area contributed by atoms with Crippen LogP contribution in [0.2, 0.25) is 0 Å². The van der Waals surface area contributed by atoms with E-state index in [1.807, 2.05) is 6.07 Å². The second kappa shape index (κ2) is 3.24. The molecule has 3 aromatic heterocycles. The van der Waals surface area contributed by atoms with E-state index in [-0.39, 0.29) is 5.76 Å². The third-order valence-electron chi connectivity index (χ3n) is 2.59. The summed E-state index contributed by atoms with van der Waals surface area (Å²) in [6.07, 6.45) is 1.76. The van der Waals surface area contributed by atoms with Crippen LogP contribution >= 0.6 is 0 Å². The van der Waals surface area contributed by atoms with Crippen LogP contribution < -0.4 is 0 Å². The van der Waals surface area contributed by atoms with Crippen molar-refractivity contribution >= 4 is 17.1 Å². The first-order chi connectivity index (χ1) is 8.16. The maximum atomic E-state index is 10.8. The Morgan fingerprint density at radius 3 is 3.00 bits per heavy atom. The van der Waals surface area contributed by atoms with Gasteiger partial charge in [-0.25, -0.2) is 4.79 Å². The number of H-pyrrole nitrogens is 1. The van der Waals surface area contributed by atoms with Crippen molar-refractivity contribution in [3.8, 4) is 11.5 Å². The highest BCUT2D eigenvalue weighted by atomic mass is 16.5. The molecule has 0 unspecified atom stereocenters. The van der Waals surface area contributed by atoms with Gasteiger partial charge >= 0.3 is 5.97 Å². The lowest BCUT2D eigenvalue weighted by Gasteiger charge is -1.90. The van der Waals surface area contributed by atoms with Crippen LogP contribution in [0.5, 0.6) is 0 Å². The molecule has 86 valence electrons. The van der Waals surface area contributed by atoms with Gasteiger partial charge in [0.1, 0.15) is 0 Å². The number of carboxylic acid groups (broad SMARTS) is 1. The van der Waals surface area contributed by atoms with Crippen LogP contribution in [-0.2, 0) is 0 Å². The standard InChI is InChI=1S/C11H8N2O4/c1-5-8(13-17-9(5)11(14)15)7-4-6-2-3-12-10(6)16-7/h2-4,12H,1H3,(H,14,15). The van der Waals surface area contributed by atoms with E-state index in [9.17, 15) is 4.79 Å². The number of rotatable bonds is 2. The van der Waals surface area contributed by atoms with Crippen LogP contribution in [0, 0.1) is 6.92 Å². The molecule has 3 aromatic rings. The lowest BCUT2D eigenvalue weighted by atomic mass is 10.2. The lowest BCUT2D eigenvalue weighted by molar-refractivity contribution is 0.0651. The van der Waals surface area contributed by atoms with Crippen LogP contribution in [0.3, 0.4) is 0 Å². The molecule has 3 rings (SSSR count). The van der Waals surface area contributed by atoms with Crippen LogP contribution in [0.4, 0.5) is 0 Å². The Balaban J connectivity index is 2.15. The van der Waals surface area contributed by atoms with E-state index in [0.29, 0.717) is 22.7 Å². The Labute approximate surface area is 94.8 Å². The van der Waals surface area contributed by atoms with Crippen LogP contribution in [-0.4, -0.2) is 21.2 Å². The van der Waals surface area contributed by atoms with E-state index in [4.69, 9.17) is 14.0 Å². The number of aromatic carboxylic acids is 1. The van der Waals surface area contributed by atoms with E-state index >= 15 is 0 Å². The summed E-state index contributed by atoms with van der Waals surface area (Å²) in [5.41, 5.74) is 1.49. The summed E-state index contributed by atoms with van der Waals surface area (Å²) in [4.78, 5) is 13.7. The number of aromatic nitrogens is 2. The summed E-state index contributed by atoms with van der Waals surface area (Å²) in [5.74, 6) is -0.820. The molecule has 6 heteroatoms. The molecule has 17 heavy (non-hydrogen) atoms. The van der Waals surface area contributed by atoms with Gasteiger partial charge in [-0.3, -0.25) is 0 Å². The fourth-order valence-electron chi connectivity index (χ4n) is 1.73. The number of aromatic amines is 1. The lowest BCUT2D eigenvalue weighted by Crippen LogP contribution is -1.95. The fraction of sp³-hybridized carbons (Fsp3) is 0.0909. The Hall–Kier alpha value is -2.50. The Morgan fingerprint density at radius 1 is 1.53 bits per heavy atom. The minimum absolute atomic E-state index is 0.167. The third kappa shape index (κ3) is 1.34. The number of carboxylic acids is 1. The van der Waals surface area contributed by atoms with Gasteiger partial charge in [0.2, 0.25) is 11.5 Å². The number of nitrogens with one attached hydrogen (secondary N) is 1.